The molecule has 43 heavy (non-hydrogen) atoms. The van der Waals surface area contributed by atoms with E-state index in [0.717, 1.165) is 0 Å². The van der Waals surface area contributed by atoms with Crippen molar-refractivity contribution in [1.29, 1.82) is 0 Å². The Hall–Kier alpha value is -0.906. The molecule has 0 aliphatic carbocycles. The summed E-state index contributed by atoms with van der Waals surface area (Å²) in [6.07, 6.45) is 3.72. The van der Waals surface area contributed by atoms with Crippen LogP contribution in [0, 0.1) is 65.6 Å². The molecule has 0 saturated heterocycles. The summed E-state index contributed by atoms with van der Waals surface area (Å²) in [5, 5.41) is 28.8. The van der Waals surface area contributed by atoms with E-state index in [4.69, 9.17) is 14.2 Å². The van der Waals surface area contributed by atoms with E-state index >= 15 is 0 Å². The number of carbonyl (C=O) groups is 3. The summed E-state index contributed by atoms with van der Waals surface area (Å²) >= 11 is 0. The molecule has 0 heterocycles. The Morgan fingerprint density at radius 2 is 0.558 bits per heavy atom. The summed E-state index contributed by atoms with van der Waals surface area (Å²) < 4.78 is 15.0. The van der Waals surface area contributed by atoms with Crippen molar-refractivity contribution < 1.29 is 93.3 Å². The van der Waals surface area contributed by atoms with Gasteiger partial charge in [0.25, 0.3) is 0 Å². The van der Waals surface area contributed by atoms with E-state index in [1.165, 1.54) is 39.6 Å². The maximum atomic E-state index is 11.6. The first-order valence-corrected chi connectivity index (χ1v) is 13.9. The second kappa shape index (κ2) is 18.9. The molecule has 10 heteroatoms. The maximum absolute atomic E-state index is 11.6. The Labute approximate surface area is 302 Å². The monoisotopic (exact) mass is 753 g/mol. The number of aliphatic hydroxyl groups is 3. The number of aliphatic hydroxyl groups excluding tert-OH is 3. The third-order valence-electron chi connectivity index (χ3n) is 6.42. The average molecular weight is 753 g/mol. The number of rotatable bonds is 9. The summed E-state index contributed by atoms with van der Waals surface area (Å²) in [6, 6.07) is 0. The molecule has 0 unspecified atom stereocenters. The zero-order chi connectivity index (χ0) is 34.7. The zero-order valence-corrected chi connectivity index (χ0v) is 32.3. The second-order valence-corrected chi connectivity index (χ2v) is 14.6. The van der Waals surface area contributed by atoms with Crippen LogP contribution in [0.2, 0.25) is 0 Å². The van der Waals surface area contributed by atoms with Gasteiger partial charge in [-0.25, -0.2) is 0 Å². The Morgan fingerprint density at radius 3 is 0.651 bits per heavy atom. The zero-order valence-electron chi connectivity index (χ0n) is 29.9. The van der Waals surface area contributed by atoms with Gasteiger partial charge in [-0.3, -0.25) is 14.4 Å². The first-order chi connectivity index (χ1) is 18.3. The van der Waals surface area contributed by atoms with E-state index in [2.05, 4.69) is 0 Å². The summed E-state index contributed by atoms with van der Waals surface area (Å²) in [5.41, 5.74) is -3.84. The number of carbonyl (C=O) groups excluding carboxylic acids is 3. The van der Waals surface area contributed by atoms with Gasteiger partial charge in [0, 0.05) is 105 Å². The standard InChI is InChI=1S/3C11H20O3.Eu/c3*1-10(2,3)8(12)7-9(13)11(4,5)14-6;/h3*7,12H,1-6H3;. The van der Waals surface area contributed by atoms with Crippen molar-refractivity contribution in [2.24, 2.45) is 16.2 Å². The second-order valence-electron chi connectivity index (χ2n) is 14.6. The summed E-state index contributed by atoms with van der Waals surface area (Å²) in [6.45, 7) is 26.6. The number of allylic oxidation sites excluding steroid dienone is 3. The average Bonchev–Trinajstić information content (AvgIpc) is 2.82. The van der Waals surface area contributed by atoms with Gasteiger partial charge < -0.3 is 29.5 Å². The topological polar surface area (TPSA) is 140 Å². The molecule has 1 radical (unpaired) electrons. The van der Waals surface area contributed by atoms with Crippen LogP contribution in [-0.2, 0) is 28.6 Å². The van der Waals surface area contributed by atoms with Gasteiger partial charge in [-0.05, 0) is 41.5 Å². The fourth-order valence-corrected chi connectivity index (χ4v) is 1.85. The van der Waals surface area contributed by atoms with Crippen LogP contribution in [0.3, 0.4) is 0 Å². The van der Waals surface area contributed by atoms with E-state index in [-0.39, 0.29) is 84.0 Å². The van der Waals surface area contributed by atoms with Crippen LogP contribution >= 0.6 is 0 Å². The van der Waals surface area contributed by atoms with Crippen molar-refractivity contribution in [3.63, 3.8) is 0 Å². The molecular formula is C33H60EuO9. The van der Waals surface area contributed by atoms with Crippen molar-refractivity contribution in [3.8, 4) is 0 Å². The van der Waals surface area contributed by atoms with Crippen molar-refractivity contribution in [1.82, 2.24) is 0 Å². The summed E-state index contributed by atoms with van der Waals surface area (Å²) in [7, 11) is 4.42. The minimum absolute atomic E-state index is 0. The molecule has 0 rings (SSSR count). The van der Waals surface area contributed by atoms with Crippen LogP contribution < -0.4 is 0 Å². The molecule has 0 bridgehead atoms. The van der Waals surface area contributed by atoms with Crippen LogP contribution in [0.25, 0.3) is 0 Å². The van der Waals surface area contributed by atoms with Crippen LogP contribution in [0.15, 0.2) is 35.5 Å². The van der Waals surface area contributed by atoms with Crippen molar-refractivity contribution in [2.75, 3.05) is 21.3 Å². The van der Waals surface area contributed by atoms with Crippen LogP contribution in [0.5, 0.6) is 0 Å². The smallest absolute Gasteiger partial charge is 0.190 e. The Balaban J connectivity index is -0.000000262. The number of hydrogen-bond donors (Lipinski definition) is 3. The Bertz CT molecular complexity index is 866. The van der Waals surface area contributed by atoms with E-state index < -0.39 is 33.0 Å². The van der Waals surface area contributed by atoms with Gasteiger partial charge in [-0.1, -0.05) is 62.3 Å². The molecule has 0 aliphatic heterocycles. The first kappa shape index (κ1) is 49.0. The number of hydrogen-bond acceptors (Lipinski definition) is 9. The molecule has 0 amide bonds. The van der Waals surface area contributed by atoms with E-state index in [1.807, 2.05) is 62.3 Å². The first-order valence-electron chi connectivity index (χ1n) is 13.9. The minimum atomic E-state index is -0.876. The molecule has 253 valence electrons. The molecule has 0 saturated carbocycles. The molecule has 0 aromatic rings. The SMILES string of the molecule is COC(C)(C)C(=O)C=C(O)C(C)(C)C.COC(C)(C)C(=O)C=C(O)C(C)(C)C.COC(C)(C)C(=O)C=C(O)C(C)(C)C.[Eu]. The van der Waals surface area contributed by atoms with Crippen molar-refractivity contribution in [3.05, 3.63) is 35.5 Å². The third-order valence-corrected chi connectivity index (χ3v) is 6.42. The van der Waals surface area contributed by atoms with Crippen LogP contribution in [-0.4, -0.2) is 70.8 Å². The fourth-order valence-electron chi connectivity index (χ4n) is 1.85. The number of methoxy groups -OCH3 is 3. The largest absolute Gasteiger partial charge is 0.512 e. The summed E-state index contributed by atoms with van der Waals surface area (Å²) in [5.74, 6) is -0.458. The Morgan fingerprint density at radius 1 is 0.419 bits per heavy atom. The van der Waals surface area contributed by atoms with Crippen LogP contribution in [0.4, 0.5) is 0 Å². The molecule has 0 atom stereocenters. The normalized spacial score (nSPS) is 14.0. The quantitative estimate of drug-likeness (QED) is 0.162. The predicted molar refractivity (Wildman–Crippen MR) is 169 cm³/mol. The van der Waals surface area contributed by atoms with Crippen molar-refractivity contribution in [2.45, 2.75) is 121 Å². The van der Waals surface area contributed by atoms with Crippen molar-refractivity contribution >= 4 is 17.3 Å². The van der Waals surface area contributed by atoms with E-state index in [9.17, 15) is 29.7 Å². The molecule has 9 nitrogen and oxygen atoms in total. The van der Waals surface area contributed by atoms with Gasteiger partial charge in [0.2, 0.25) is 0 Å². The predicted octanol–water partition coefficient (Wildman–Crippen LogP) is 7.41. The van der Waals surface area contributed by atoms with E-state index in [1.54, 1.807) is 41.5 Å². The molecule has 0 spiro atoms. The van der Waals surface area contributed by atoms with Gasteiger partial charge in [0.15, 0.2) is 17.3 Å². The molecule has 3 N–H and O–H groups in total. The summed E-state index contributed by atoms with van der Waals surface area (Å²) in [4.78, 5) is 34.8. The molecule has 0 aromatic heterocycles. The minimum Gasteiger partial charge on any atom is -0.512 e. The van der Waals surface area contributed by atoms with Crippen LogP contribution in [0.1, 0.15) is 104 Å². The third kappa shape index (κ3) is 20.0. The molecule has 0 aliphatic rings. The van der Waals surface area contributed by atoms with Gasteiger partial charge in [-0.2, -0.15) is 0 Å². The van der Waals surface area contributed by atoms with Gasteiger partial charge in [0.05, 0.1) is 0 Å². The molecule has 0 aromatic carbocycles. The maximum Gasteiger partial charge on any atom is 0.190 e. The van der Waals surface area contributed by atoms with Gasteiger partial charge in [-0.15, -0.1) is 0 Å². The molecule has 0 fully saturated rings. The number of ether oxygens (including phenoxy) is 3. The van der Waals surface area contributed by atoms with E-state index in [0.29, 0.717) is 0 Å². The molecular weight excluding hydrogens is 692 g/mol. The van der Waals surface area contributed by atoms with Gasteiger partial charge >= 0.3 is 0 Å². The Kier molecular flexibility index (Phi) is 21.6. The number of ketones is 3. The van der Waals surface area contributed by atoms with Gasteiger partial charge in [0.1, 0.15) is 34.1 Å². The fraction of sp³-hybridized carbons (Fsp3) is 0.727.